The first-order chi connectivity index (χ1) is 6.24. The monoisotopic (exact) mass is 243 g/mol. The van der Waals surface area contributed by atoms with Crippen molar-refractivity contribution in [2.45, 2.75) is 0 Å². The van der Waals surface area contributed by atoms with E-state index in [-0.39, 0.29) is 20.3 Å². The number of rotatable bonds is 1. The molecule has 3 nitrogen and oxygen atoms in total. The summed E-state index contributed by atoms with van der Waals surface area (Å²) in [4.78, 5) is 11.6. The Morgan fingerprint density at radius 3 is 2.92 bits per heavy atom. The third kappa shape index (κ3) is 1.22. The van der Waals surface area contributed by atoms with Gasteiger partial charge in [0.15, 0.2) is 0 Å². The Balaban J connectivity index is 2.93. The first-order valence-corrected chi connectivity index (χ1v) is 5.49. The number of benzene rings is 1. The Hall–Kier alpha value is -0.991. The van der Waals surface area contributed by atoms with E-state index in [9.17, 15) is 4.79 Å². The van der Waals surface area contributed by atoms with Gasteiger partial charge in [-0.25, -0.2) is 0 Å². The van der Waals surface area contributed by atoms with E-state index in [0.717, 1.165) is 15.4 Å². The fourth-order valence-electron chi connectivity index (χ4n) is 1.29. The van der Waals surface area contributed by atoms with Crippen molar-refractivity contribution in [3.63, 3.8) is 0 Å². The molecule has 13 heavy (non-hydrogen) atoms. The van der Waals surface area contributed by atoms with Gasteiger partial charge >= 0.3 is 81.1 Å². The van der Waals surface area contributed by atoms with Gasteiger partial charge < -0.3 is 0 Å². The van der Waals surface area contributed by atoms with Crippen LogP contribution in [-0.2, 0) is 7.05 Å². The van der Waals surface area contributed by atoms with Crippen LogP contribution in [0.4, 0.5) is 0 Å². The van der Waals surface area contributed by atoms with Crippen molar-refractivity contribution in [2.75, 3.05) is 7.11 Å². The van der Waals surface area contributed by atoms with Crippen LogP contribution in [0.1, 0.15) is 0 Å². The Morgan fingerprint density at radius 1 is 1.46 bits per heavy atom. The number of methoxy groups -OCH3 is 1. The number of fused-ring (bicyclic) bond motifs is 1. The van der Waals surface area contributed by atoms with E-state index in [4.69, 9.17) is 4.74 Å². The average Bonchev–Trinajstić information content (AvgIpc) is 2.43. The predicted octanol–water partition coefficient (Wildman–Crippen LogP) is 0.604. The number of aryl methyl sites for hydroxylation is 1. The molecule has 4 heteroatoms. The molecule has 0 saturated carbocycles. The summed E-state index contributed by atoms with van der Waals surface area (Å²) in [6.07, 6.45) is 0. The van der Waals surface area contributed by atoms with E-state index < -0.39 is 0 Å². The molecule has 0 fully saturated rings. The van der Waals surface area contributed by atoms with Crippen LogP contribution in [0, 0.1) is 0 Å². The summed E-state index contributed by atoms with van der Waals surface area (Å²) in [5.41, 5.74) is 0.105. The molecule has 0 unspecified atom stereocenters. The fourth-order valence-corrected chi connectivity index (χ4v) is 3.28. The standard InChI is InChI=1S/C9H9NO2Se/c1-10-9(11)6-4-3-5-7(12-2)8(6)13-10/h3-5H,1-2H3. The molecule has 0 aliphatic heterocycles. The maximum absolute atomic E-state index is 11.6. The van der Waals surface area contributed by atoms with Crippen molar-refractivity contribution in [1.29, 1.82) is 0 Å². The van der Waals surface area contributed by atoms with Crippen molar-refractivity contribution >= 4 is 24.4 Å². The Kier molecular flexibility index (Phi) is 2.02. The summed E-state index contributed by atoms with van der Waals surface area (Å²) in [7, 11) is 3.45. The quantitative estimate of drug-likeness (QED) is 0.686. The molecular weight excluding hydrogens is 233 g/mol. The number of hydrogen-bond acceptors (Lipinski definition) is 2. The number of nitrogens with zero attached hydrogens (tertiary/aromatic N) is 1. The van der Waals surface area contributed by atoms with Gasteiger partial charge in [0.25, 0.3) is 0 Å². The Labute approximate surface area is 81.5 Å². The van der Waals surface area contributed by atoms with E-state index in [1.807, 2.05) is 25.2 Å². The average molecular weight is 242 g/mol. The molecule has 0 radical (unpaired) electrons. The van der Waals surface area contributed by atoms with E-state index in [0.29, 0.717) is 0 Å². The van der Waals surface area contributed by atoms with Gasteiger partial charge in [-0.1, -0.05) is 0 Å². The van der Waals surface area contributed by atoms with Crippen LogP contribution in [0.2, 0.25) is 0 Å². The summed E-state index contributed by atoms with van der Waals surface area (Å²) in [5, 5.41) is 0.793. The van der Waals surface area contributed by atoms with Crippen LogP contribution < -0.4 is 10.3 Å². The third-order valence-electron chi connectivity index (χ3n) is 1.94. The molecular formula is C9H9NO2Se. The molecule has 68 valence electrons. The van der Waals surface area contributed by atoms with Crippen LogP contribution in [0.15, 0.2) is 23.0 Å². The summed E-state index contributed by atoms with van der Waals surface area (Å²) in [5.74, 6) is 0.829. The number of ether oxygens (including phenoxy) is 1. The molecule has 0 aliphatic carbocycles. The van der Waals surface area contributed by atoms with Crippen LogP contribution in [0.25, 0.3) is 9.65 Å². The van der Waals surface area contributed by atoms with Gasteiger partial charge in [0.05, 0.1) is 0 Å². The van der Waals surface area contributed by atoms with Crippen LogP contribution >= 0.6 is 0 Å². The zero-order chi connectivity index (χ0) is 9.42. The Morgan fingerprint density at radius 2 is 2.23 bits per heavy atom. The third-order valence-corrected chi connectivity index (χ3v) is 4.13. The second kappa shape index (κ2) is 3.05. The van der Waals surface area contributed by atoms with Gasteiger partial charge in [0.1, 0.15) is 0 Å². The van der Waals surface area contributed by atoms with Gasteiger partial charge in [-0.05, 0) is 0 Å². The van der Waals surface area contributed by atoms with E-state index in [1.54, 1.807) is 10.7 Å². The molecule has 2 aromatic rings. The van der Waals surface area contributed by atoms with Gasteiger partial charge in [0.2, 0.25) is 0 Å². The molecule has 2 rings (SSSR count). The van der Waals surface area contributed by atoms with Gasteiger partial charge in [-0.2, -0.15) is 0 Å². The summed E-state index contributed by atoms with van der Waals surface area (Å²) < 4.78 is 8.00. The van der Waals surface area contributed by atoms with E-state index >= 15 is 0 Å². The number of aromatic nitrogens is 1. The summed E-state index contributed by atoms with van der Waals surface area (Å²) >= 11 is 0.0824. The van der Waals surface area contributed by atoms with Crippen molar-refractivity contribution in [3.05, 3.63) is 28.6 Å². The first-order valence-electron chi connectivity index (χ1n) is 3.87. The predicted molar refractivity (Wildman–Crippen MR) is 52.7 cm³/mol. The topological polar surface area (TPSA) is 31.2 Å². The van der Waals surface area contributed by atoms with Crippen molar-refractivity contribution in [1.82, 2.24) is 3.56 Å². The zero-order valence-electron chi connectivity index (χ0n) is 7.40. The maximum atomic E-state index is 11.6. The normalized spacial score (nSPS) is 10.6. The fraction of sp³-hybridized carbons (Fsp3) is 0.222. The molecule has 0 saturated heterocycles. The first kappa shape index (κ1) is 8.60. The van der Waals surface area contributed by atoms with Gasteiger partial charge in [-0.15, -0.1) is 0 Å². The van der Waals surface area contributed by atoms with Gasteiger partial charge in [-0.3, -0.25) is 0 Å². The zero-order valence-corrected chi connectivity index (χ0v) is 9.12. The molecule has 1 aromatic carbocycles. The van der Waals surface area contributed by atoms with Crippen molar-refractivity contribution < 1.29 is 4.74 Å². The van der Waals surface area contributed by atoms with Crippen LogP contribution in [-0.4, -0.2) is 25.4 Å². The molecule has 1 aromatic heterocycles. The minimum atomic E-state index is 0.0824. The summed E-state index contributed by atoms with van der Waals surface area (Å²) in [6.45, 7) is 0. The summed E-state index contributed by atoms with van der Waals surface area (Å²) in [6, 6.07) is 5.60. The molecule has 0 atom stereocenters. The van der Waals surface area contributed by atoms with Gasteiger partial charge in [0, 0.05) is 0 Å². The molecule has 0 spiro atoms. The second-order valence-corrected chi connectivity index (χ2v) is 5.12. The van der Waals surface area contributed by atoms with E-state index in [2.05, 4.69) is 0 Å². The van der Waals surface area contributed by atoms with Crippen LogP contribution in [0.3, 0.4) is 0 Å². The van der Waals surface area contributed by atoms with E-state index in [1.165, 1.54) is 0 Å². The number of hydrogen-bond donors (Lipinski definition) is 0. The van der Waals surface area contributed by atoms with Crippen molar-refractivity contribution in [3.8, 4) is 5.75 Å². The second-order valence-electron chi connectivity index (χ2n) is 2.73. The molecule has 0 aliphatic rings. The molecule has 0 N–H and O–H groups in total. The minimum absolute atomic E-state index is 0.0824. The molecule has 0 bridgehead atoms. The van der Waals surface area contributed by atoms with Crippen molar-refractivity contribution in [2.24, 2.45) is 7.05 Å². The van der Waals surface area contributed by atoms with Crippen LogP contribution in [0.5, 0.6) is 5.75 Å². The molecule has 0 amide bonds. The Bertz CT molecular complexity index is 498. The molecule has 1 heterocycles. The SMILES string of the molecule is COc1cccc2c(=O)n(C)[se]c12.